The summed E-state index contributed by atoms with van der Waals surface area (Å²) in [6.45, 7) is 0. The highest BCUT2D eigenvalue weighted by Gasteiger charge is 2.15. The van der Waals surface area contributed by atoms with Gasteiger partial charge in [0.25, 0.3) is 0 Å². The zero-order valence-electron chi connectivity index (χ0n) is 7.32. The first-order valence-corrected chi connectivity index (χ1v) is 3.93. The monoisotopic (exact) mass is 204 g/mol. The van der Waals surface area contributed by atoms with Crippen molar-refractivity contribution in [1.82, 2.24) is 0 Å². The molecule has 2 rings (SSSR count). The molecular formula is C8H4N4O3. The van der Waals surface area contributed by atoms with E-state index in [2.05, 4.69) is 10.0 Å². The van der Waals surface area contributed by atoms with E-state index in [1.165, 1.54) is 18.2 Å². The number of rotatable bonds is 2. The Bertz CT molecular complexity index is 583. The van der Waals surface area contributed by atoms with Gasteiger partial charge in [-0.05, 0) is 23.7 Å². The van der Waals surface area contributed by atoms with E-state index < -0.39 is 4.92 Å². The highest BCUT2D eigenvalue weighted by Crippen LogP contribution is 2.30. The van der Waals surface area contributed by atoms with Crippen LogP contribution in [-0.2, 0) is 0 Å². The summed E-state index contributed by atoms with van der Waals surface area (Å²) in [5.41, 5.74) is 8.78. The van der Waals surface area contributed by atoms with Crippen LogP contribution < -0.4 is 0 Å². The molecule has 0 saturated carbocycles. The molecule has 7 nitrogen and oxygen atoms in total. The fourth-order valence-corrected chi connectivity index (χ4v) is 1.26. The zero-order valence-corrected chi connectivity index (χ0v) is 7.32. The molecule has 0 spiro atoms. The van der Waals surface area contributed by atoms with E-state index >= 15 is 0 Å². The van der Waals surface area contributed by atoms with E-state index in [0.717, 1.165) is 6.26 Å². The summed E-state index contributed by atoms with van der Waals surface area (Å²) < 4.78 is 4.97. The molecular weight excluding hydrogens is 200 g/mol. The fourth-order valence-electron chi connectivity index (χ4n) is 1.26. The van der Waals surface area contributed by atoms with E-state index in [9.17, 15) is 10.1 Å². The molecule has 7 heteroatoms. The van der Waals surface area contributed by atoms with Crippen molar-refractivity contribution in [2.75, 3.05) is 0 Å². The summed E-state index contributed by atoms with van der Waals surface area (Å²) in [5, 5.41) is 14.3. The number of fused-ring (bicyclic) bond motifs is 1. The molecule has 0 fully saturated rings. The first-order chi connectivity index (χ1) is 7.22. The predicted molar refractivity (Wildman–Crippen MR) is 51.7 cm³/mol. The SMILES string of the molecule is [N-]=[N+]=Nc1ccc2occ([N+](=O)[O-])c2c1. The maximum atomic E-state index is 10.6. The zero-order chi connectivity index (χ0) is 10.8. The summed E-state index contributed by atoms with van der Waals surface area (Å²) in [5.74, 6) is 0. The maximum absolute atomic E-state index is 10.6. The number of furan rings is 1. The molecule has 0 unspecified atom stereocenters. The molecule has 1 aromatic heterocycles. The van der Waals surface area contributed by atoms with Crippen molar-refractivity contribution in [2.24, 2.45) is 5.11 Å². The van der Waals surface area contributed by atoms with Gasteiger partial charge in [-0.15, -0.1) is 0 Å². The van der Waals surface area contributed by atoms with Crippen LogP contribution in [0.5, 0.6) is 0 Å². The molecule has 15 heavy (non-hydrogen) atoms. The van der Waals surface area contributed by atoms with Gasteiger partial charge in [0.05, 0.1) is 10.3 Å². The van der Waals surface area contributed by atoms with Gasteiger partial charge < -0.3 is 4.42 Å². The van der Waals surface area contributed by atoms with Gasteiger partial charge in [0.2, 0.25) is 0 Å². The van der Waals surface area contributed by atoms with Gasteiger partial charge >= 0.3 is 5.69 Å². The minimum absolute atomic E-state index is 0.139. The van der Waals surface area contributed by atoms with Gasteiger partial charge in [0.1, 0.15) is 5.58 Å². The van der Waals surface area contributed by atoms with Crippen molar-refractivity contribution in [3.8, 4) is 0 Å². The molecule has 0 saturated heterocycles. The van der Waals surface area contributed by atoms with Gasteiger partial charge in [-0.3, -0.25) is 10.1 Å². The number of nitrogens with zero attached hydrogens (tertiary/aromatic N) is 4. The Morgan fingerprint density at radius 3 is 3.00 bits per heavy atom. The normalized spacial score (nSPS) is 9.87. The molecule has 0 amide bonds. The first kappa shape index (κ1) is 9.04. The summed E-state index contributed by atoms with van der Waals surface area (Å²) in [6.07, 6.45) is 1.06. The molecule has 0 radical (unpaired) electrons. The first-order valence-electron chi connectivity index (χ1n) is 3.93. The lowest BCUT2D eigenvalue weighted by Gasteiger charge is -1.90. The van der Waals surface area contributed by atoms with Crippen molar-refractivity contribution in [3.63, 3.8) is 0 Å². The lowest BCUT2D eigenvalue weighted by Crippen LogP contribution is -1.84. The van der Waals surface area contributed by atoms with Crippen LogP contribution in [0.4, 0.5) is 11.4 Å². The van der Waals surface area contributed by atoms with Crippen LogP contribution in [0.3, 0.4) is 0 Å². The molecule has 1 heterocycles. The Morgan fingerprint density at radius 2 is 2.33 bits per heavy atom. The molecule has 0 aliphatic carbocycles. The highest BCUT2D eigenvalue weighted by molar-refractivity contribution is 5.89. The van der Waals surface area contributed by atoms with E-state index in [4.69, 9.17) is 9.95 Å². The van der Waals surface area contributed by atoms with Crippen molar-refractivity contribution in [3.05, 3.63) is 45.0 Å². The van der Waals surface area contributed by atoms with Crippen molar-refractivity contribution in [1.29, 1.82) is 0 Å². The van der Waals surface area contributed by atoms with E-state index in [-0.39, 0.29) is 5.69 Å². The number of hydrogen-bond acceptors (Lipinski definition) is 4. The Labute approximate surface area is 82.7 Å². The largest absolute Gasteiger partial charge is 0.457 e. The van der Waals surface area contributed by atoms with Crippen molar-refractivity contribution < 1.29 is 9.34 Å². The van der Waals surface area contributed by atoms with Crippen LogP contribution >= 0.6 is 0 Å². The van der Waals surface area contributed by atoms with Crippen molar-refractivity contribution in [2.45, 2.75) is 0 Å². The Balaban J connectivity index is 2.71. The van der Waals surface area contributed by atoms with Crippen LogP contribution in [0.1, 0.15) is 0 Å². The minimum atomic E-state index is -0.550. The van der Waals surface area contributed by atoms with Gasteiger partial charge in [-0.25, -0.2) is 0 Å². The number of benzene rings is 1. The summed E-state index contributed by atoms with van der Waals surface area (Å²) in [7, 11) is 0. The van der Waals surface area contributed by atoms with Gasteiger partial charge in [0.15, 0.2) is 6.26 Å². The fraction of sp³-hybridized carbons (Fsp3) is 0. The van der Waals surface area contributed by atoms with Crippen LogP contribution in [0.15, 0.2) is 34.0 Å². The van der Waals surface area contributed by atoms with Crippen molar-refractivity contribution >= 4 is 22.3 Å². The van der Waals surface area contributed by atoms with Crippen LogP contribution in [0.25, 0.3) is 21.4 Å². The Hall–Kier alpha value is -2.53. The van der Waals surface area contributed by atoms with E-state index in [1.54, 1.807) is 0 Å². The third kappa shape index (κ3) is 1.47. The molecule has 0 N–H and O–H groups in total. The predicted octanol–water partition coefficient (Wildman–Crippen LogP) is 3.28. The number of azide groups is 1. The second kappa shape index (κ2) is 3.32. The van der Waals surface area contributed by atoms with E-state index in [1.807, 2.05) is 0 Å². The average Bonchev–Trinajstić information content (AvgIpc) is 2.61. The van der Waals surface area contributed by atoms with Gasteiger partial charge in [-0.2, -0.15) is 0 Å². The number of nitro groups is 1. The second-order valence-corrected chi connectivity index (χ2v) is 2.75. The Morgan fingerprint density at radius 1 is 1.53 bits per heavy atom. The molecule has 0 atom stereocenters. The lowest BCUT2D eigenvalue weighted by molar-refractivity contribution is -0.383. The average molecular weight is 204 g/mol. The molecule has 1 aromatic carbocycles. The minimum Gasteiger partial charge on any atom is -0.457 e. The summed E-state index contributed by atoms with van der Waals surface area (Å²) in [6, 6.07) is 4.46. The molecule has 0 bridgehead atoms. The standard InChI is InChI=1S/C8H4N4O3/c9-11-10-5-1-2-8-6(3-5)7(4-15-8)12(13)14/h1-4H. The van der Waals surface area contributed by atoms with Crippen LogP contribution in [0.2, 0.25) is 0 Å². The third-order valence-corrected chi connectivity index (χ3v) is 1.89. The summed E-state index contributed by atoms with van der Waals surface area (Å²) >= 11 is 0. The van der Waals surface area contributed by atoms with Gasteiger partial charge in [-0.1, -0.05) is 5.11 Å². The van der Waals surface area contributed by atoms with Crippen LogP contribution in [0, 0.1) is 10.1 Å². The third-order valence-electron chi connectivity index (χ3n) is 1.89. The highest BCUT2D eigenvalue weighted by atomic mass is 16.6. The molecule has 0 aliphatic heterocycles. The smallest absolute Gasteiger partial charge is 0.315 e. The Kier molecular flexibility index (Phi) is 2.00. The molecule has 74 valence electrons. The van der Waals surface area contributed by atoms with Crippen LogP contribution in [-0.4, -0.2) is 4.92 Å². The quantitative estimate of drug-likeness (QED) is 0.246. The molecule has 2 aromatic rings. The lowest BCUT2D eigenvalue weighted by atomic mass is 10.2. The van der Waals surface area contributed by atoms with Gasteiger partial charge in [0, 0.05) is 10.6 Å². The second-order valence-electron chi connectivity index (χ2n) is 2.75. The topological polar surface area (TPSA) is 105 Å². The number of hydrogen-bond donors (Lipinski definition) is 0. The molecule has 0 aliphatic rings. The maximum Gasteiger partial charge on any atom is 0.315 e. The summed E-state index contributed by atoms with van der Waals surface area (Å²) in [4.78, 5) is 12.6. The van der Waals surface area contributed by atoms with E-state index in [0.29, 0.717) is 16.7 Å².